The molecule has 0 saturated heterocycles. The average molecular weight is 234 g/mol. The van der Waals surface area contributed by atoms with Gasteiger partial charge < -0.3 is 10.2 Å². The largest absolute Gasteiger partial charge is 0.508 e. The number of aryl methyl sites for hydroxylation is 1. The second kappa shape index (κ2) is 4.42. The third kappa shape index (κ3) is 3.15. The second-order valence-corrected chi connectivity index (χ2v) is 3.23. The topological polar surface area (TPSA) is 57.5 Å². The first-order valence-corrected chi connectivity index (χ1v) is 4.41. The zero-order valence-electron chi connectivity index (χ0n) is 8.08. The van der Waals surface area contributed by atoms with Gasteiger partial charge in [0.2, 0.25) is 0 Å². The van der Waals surface area contributed by atoms with E-state index in [2.05, 4.69) is 0 Å². The molecule has 6 heteroatoms. The molecule has 16 heavy (non-hydrogen) atoms. The summed E-state index contributed by atoms with van der Waals surface area (Å²) >= 11 is 0. The van der Waals surface area contributed by atoms with Crippen molar-refractivity contribution in [1.29, 1.82) is 0 Å². The van der Waals surface area contributed by atoms with Crippen LogP contribution < -0.4 is 0 Å². The highest BCUT2D eigenvalue weighted by molar-refractivity contribution is 5.67. The van der Waals surface area contributed by atoms with Crippen molar-refractivity contribution >= 4 is 5.97 Å². The summed E-state index contributed by atoms with van der Waals surface area (Å²) in [5.74, 6) is -1.66. The zero-order valence-corrected chi connectivity index (χ0v) is 8.08. The number of benzene rings is 1. The standard InChI is InChI=1S/C10H9F3O3/c11-10(12,13)8-5-7(14)3-1-6(8)2-4-9(15)16/h1,3,5,14H,2,4H2,(H,15,16). The summed E-state index contributed by atoms with van der Waals surface area (Å²) in [7, 11) is 0. The minimum absolute atomic E-state index is 0.132. The van der Waals surface area contributed by atoms with E-state index in [1.807, 2.05) is 0 Å². The molecule has 1 aromatic rings. The molecule has 0 radical (unpaired) electrons. The molecule has 0 fully saturated rings. The van der Waals surface area contributed by atoms with Crippen LogP contribution in [0.3, 0.4) is 0 Å². The number of alkyl halides is 3. The van der Waals surface area contributed by atoms with Crippen molar-refractivity contribution in [2.75, 3.05) is 0 Å². The highest BCUT2D eigenvalue weighted by atomic mass is 19.4. The summed E-state index contributed by atoms with van der Waals surface area (Å²) in [5.41, 5.74) is -1.12. The molecule has 0 heterocycles. The molecule has 0 aromatic heterocycles. The van der Waals surface area contributed by atoms with Crippen molar-refractivity contribution in [2.24, 2.45) is 0 Å². The molecule has 0 aliphatic rings. The minimum atomic E-state index is -4.59. The highest BCUT2D eigenvalue weighted by Crippen LogP contribution is 2.34. The monoisotopic (exact) mass is 234 g/mol. The van der Waals surface area contributed by atoms with Crippen molar-refractivity contribution in [3.8, 4) is 5.75 Å². The molecular formula is C10H9F3O3. The Hall–Kier alpha value is -1.72. The van der Waals surface area contributed by atoms with Crippen LogP contribution in [0.1, 0.15) is 17.5 Å². The van der Waals surface area contributed by atoms with Crippen LogP contribution in [0.15, 0.2) is 18.2 Å². The lowest BCUT2D eigenvalue weighted by Crippen LogP contribution is -2.10. The Labute approximate surface area is 89.1 Å². The van der Waals surface area contributed by atoms with Crippen LogP contribution in [0.25, 0.3) is 0 Å². The predicted molar refractivity (Wildman–Crippen MR) is 49.1 cm³/mol. The normalized spacial score (nSPS) is 11.4. The molecule has 0 atom stereocenters. The fourth-order valence-corrected chi connectivity index (χ4v) is 1.29. The third-order valence-electron chi connectivity index (χ3n) is 2.01. The Morgan fingerprint density at radius 3 is 2.44 bits per heavy atom. The SMILES string of the molecule is O=C(O)CCc1ccc(O)cc1C(F)(F)F. The molecule has 1 aromatic carbocycles. The van der Waals surface area contributed by atoms with E-state index in [0.29, 0.717) is 6.07 Å². The zero-order chi connectivity index (χ0) is 12.3. The number of phenolic OH excluding ortho intramolecular Hbond substituents is 1. The Morgan fingerprint density at radius 1 is 1.31 bits per heavy atom. The molecule has 0 aliphatic heterocycles. The lowest BCUT2D eigenvalue weighted by atomic mass is 10.0. The summed E-state index contributed by atoms with van der Waals surface area (Å²) in [4.78, 5) is 10.3. The predicted octanol–water partition coefficient (Wildman–Crippen LogP) is 2.43. The van der Waals surface area contributed by atoms with Gasteiger partial charge in [-0.1, -0.05) is 6.07 Å². The van der Waals surface area contributed by atoms with E-state index in [0.717, 1.165) is 12.1 Å². The first kappa shape index (κ1) is 12.4. The Balaban J connectivity index is 3.03. The quantitative estimate of drug-likeness (QED) is 0.844. The van der Waals surface area contributed by atoms with Gasteiger partial charge in [-0.15, -0.1) is 0 Å². The summed E-state index contributed by atoms with van der Waals surface area (Å²) < 4.78 is 37.5. The lowest BCUT2D eigenvalue weighted by Gasteiger charge is -2.12. The lowest BCUT2D eigenvalue weighted by molar-refractivity contribution is -0.140. The number of carbonyl (C=O) groups is 1. The number of hydrogen-bond acceptors (Lipinski definition) is 2. The van der Waals surface area contributed by atoms with E-state index >= 15 is 0 Å². The van der Waals surface area contributed by atoms with Gasteiger partial charge in [0.25, 0.3) is 0 Å². The number of aliphatic carboxylic acids is 1. The maximum atomic E-state index is 12.5. The van der Waals surface area contributed by atoms with E-state index in [9.17, 15) is 18.0 Å². The van der Waals surface area contributed by atoms with Crippen LogP contribution in [-0.2, 0) is 17.4 Å². The second-order valence-electron chi connectivity index (χ2n) is 3.23. The van der Waals surface area contributed by atoms with Gasteiger partial charge >= 0.3 is 12.1 Å². The smallest absolute Gasteiger partial charge is 0.416 e. The van der Waals surface area contributed by atoms with E-state index < -0.39 is 23.5 Å². The van der Waals surface area contributed by atoms with E-state index in [1.165, 1.54) is 0 Å². The van der Waals surface area contributed by atoms with Gasteiger partial charge in [0.05, 0.1) is 5.56 Å². The first-order valence-electron chi connectivity index (χ1n) is 4.41. The third-order valence-corrected chi connectivity index (χ3v) is 2.01. The molecule has 2 N–H and O–H groups in total. The van der Waals surface area contributed by atoms with Crippen molar-refractivity contribution in [1.82, 2.24) is 0 Å². The number of carboxylic acid groups (broad SMARTS) is 1. The number of halogens is 3. The van der Waals surface area contributed by atoms with Gasteiger partial charge in [0.1, 0.15) is 5.75 Å². The van der Waals surface area contributed by atoms with E-state index in [-0.39, 0.29) is 18.4 Å². The molecule has 0 unspecified atom stereocenters. The van der Waals surface area contributed by atoms with E-state index in [4.69, 9.17) is 10.2 Å². The van der Waals surface area contributed by atoms with Crippen LogP contribution in [0.4, 0.5) is 13.2 Å². The average Bonchev–Trinajstić information content (AvgIpc) is 2.14. The van der Waals surface area contributed by atoms with Gasteiger partial charge in [-0.25, -0.2) is 0 Å². The summed E-state index contributed by atoms with van der Waals surface area (Å²) in [5, 5.41) is 17.4. The molecule has 0 amide bonds. The maximum Gasteiger partial charge on any atom is 0.416 e. The Bertz CT molecular complexity index is 399. The van der Waals surface area contributed by atoms with Crippen LogP contribution >= 0.6 is 0 Å². The molecule has 0 spiro atoms. The van der Waals surface area contributed by atoms with Gasteiger partial charge in [-0.2, -0.15) is 13.2 Å². The molecule has 0 aliphatic carbocycles. The van der Waals surface area contributed by atoms with Gasteiger partial charge in [0.15, 0.2) is 0 Å². The Morgan fingerprint density at radius 2 is 1.94 bits per heavy atom. The van der Waals surface area contributed by atoms with Gasteiger partial charge in [-0.05, 0) is 24.1 Å². The minimum Gasteiger partial charge on any atom is -0.508 e. The number of aromatic hydroxyl groups is 1. The number of rotatable bonds is 3. The molecular weight excluding hydrogens is 225 g/mol. The van der Waals surface area contributed by atoms with Crippen LogP contribution in [0.5, 0.6) is 5.75 Å². The molecule has 1 rings (SSSR count). The van der Waals surface area contributed by atoms with Crippen LogP contribution in [0, 0.1) is 0 Å². The van der Waals surface area contributed by atoms with Crippen molar-refractivity contribution in [2.45, 2.75) is 19.0 Å². The van der Waals surface area contributed by atoms with Crippen molar-refractivity contribution < 1.29 is 28.2 Å². The molecule has 0 bridgehead atoms. The van der Waals surface area contributed by atoms with Crippen molar-refractivity contribution in [3.05, 3.63) is 29.3 Å². The summed E-state index contributed by atoms with van der Waals surface area (Å²) in [6.45, 7) is 0. The number of phenols is 1. The van der Waals surface area contributed by atoms with Crippen LogP contribution in [0.2, 0.25) is 0 Å². The summed E-state index contributed by atoms with van der Waals surface area (Å²) in [6.07, 6.45) is -5.19. The van der Waals surface area contributed by atoms with Gasteiger partial charge in [-0.3, -0.25) is 4.79 Å². The highest BCUT2D eigenvalue weighted by Gasteiger charge is 2.33. The fraction of sp³-hybridized carbons (Fsp3) is 0.300. The van der Waals surface area contributed by atoms with E-state index in [1.54, 1.807) is 0 Å². The Kier molecular flexibility index (Phi) is 3.41. The first-order chi connectivity index (χ1) is 7.30. The molecule has 3 nitrogen and oxygen atoms in total. The number of hydrogen-bond donors (Lipinski definition) is 2. The molecule has 88 valence electrons. The fourth-order valence-electron chi connectivity index (χ4n) is 1.29. The summed E-state index contributed by atoms with van der Waals surface area (Å²) in [6, 6.07) is 2.78. The maximum absolute atomic E-state index is 12.5. The number of carboxylic acids is 1. The molecule has 0 saturated carbocycles. The van der Waals surface area contributed by atoms with Crippen LogP contribution in [-0.4, -0.2) is 16.2 Å². The van der Waals surface area contributed by atoms with Crippen molar-refractivity contribution in [3.63, 3.8) is 0 Å². The van der Waals surface area contributed by atoms with Gasteiger partial charge in [0, 0.05) is 6.42 Å².